The number of nitrogens with zero attached hydrogens (tertiary/aromatic N) is 5. The van der Waals surface area contributed by atoms with Crippen LogP contribution in [-0.4, -0.2) is 43.4 Å². The monoisotopic (exact) mass is 475 g/mol. The normalized spacial score (nSPS) is 11.2. The Kier molecular flexibility index (Phi) is 6.23. The molecule has 0 bridgehead atoms. The fraction of sp³-hybridized carbons (Fsp3) is 0.167. The zero-order valence-electron chi connectivity index (χ0n) is 17.9. The number of hydrogen-bond acceptors (Lipinski definition) is 7. The van der Waals surface area contributed by atoms with Gasteiger partial charge < -0.3 is 9.32 Å². The van der Waals surface area contributed by atoms with Crippen LogP contribution < -0.4 is 0 Å². The smallest absolute Gasteiger partial charge is 0.233 e. The number of thioether (sulfide) groups is 1. The summed E-state index contributed by atoms with van der Waals surface area (Å²) >= 11 is 2.99. The maximum atomic E-state index is 12.8. The zero-order valence-corrected chi connectivity index (χ0v) is 19.6. The highest BCUT2D eigenvalue weighted by Crippen LogP contribution is 2.26. The minimum absolute atomic E-state index is 0.00747. The molecule has 3 heterocycles. The minimum Gasteiger partial charge on any atom is -0.461 e. The molecule has 1 amide bonds. The minimum atomic E-state index is 0.00747. The summed E-state index contributed by atoms with van der Waals surface area (Å²) in [5.74, 6) is 1.55. The SMILES string of the molecule is CN(Cc1nc2ccccc2s1)C(=O)CSc1nnc(-c2ccco2)n1Cc1ccccc1. The first-order chi connectivity index (χ1) is 16.2. The van der Waals surface area contributed by atoms with E-state index >= 15 is 0 Å². The molecule has 0 atom stereocenters. The Labute approximate surface area is 199 Å². The van der Waals surface area contributed by atoms with Gasteiger partial charge in [0, 0.05) is 7.05 Å². The lowest BCUT2D eigenvalue weighted by Crippen LogP contribution is -2.27. The van der Waals surface area contributed by atoms with Gasteiger partial charge in [-0.05, 0) is 29.8 Å². The Morgan fingerprint density at radius 2 is 1.88 bits per heavy atom. The predicted octanol–water partition coefficient (Wildman–Crippen LogP) is 4.95. The average Bonchev–Trinajstić information content (AvgIpc) is 3.57. The van der Waals surface area contributed by atoms with Crippen molar-refractivity contribution in [3.8, 4) is 11.6 Å². The Morgan fingerprint density at radius 3 is 2.67 bits per heavy atom. The zero-order chi connectivity index (χ0) is 22.6. The van der Waals surface area contributed by atoms with Crippen molar-refractivity contribution in [2.75, 3.05) is 12.8 Å². The highest BCUT2D eigenvalue weighted by Gasteiger charge is 2.19. The average molecular weight is 476 g/mol. The lowest BCUT2D eigenvalue weighted by atomic mass is 10.2. The number of thiazole rings is 1. The second-order valence-electron chi connectivity index (χ2n) is 7.47. The maximum absolute atomic E-state index is 12.8. The Morgan fingerprint density at radius 1 is 1.06 bits per heavy atom. The number of rotatable bonds is 8. The summed E-state index contributed by atoms with van der Waals surface area (Å²) in [6, 6.07) is 21.8. The number of carbonyl (C=O) groups excluding carboxylic acids is 1. The van der Waals surface area contributed by atoms with Gasteiger partial charge in [-0.15, -0.1) is 21.5 Å². The van der Waals surface area contributed by atoms with E-state index in [1.807, 2.05) is 59.2 Å². The highest BCUT2D eigenvalue weighted by molar-refractivity contribution is 7.99. The molecule has 33 heavy (non-hydrogen) atoms. The van der Waals surface area contributed by atoms with Gasteiger partial charge in [-0.2, -0.15) is 0 Å². The van der Waals surface area contributed by atoms with Crippen molar-refractivity contribution in [3.05, 3.63) is 83.6 Å². The van der Waals surface area contributed by atoms with Crippen molar-refractivity contribution < 1.29 is 9.21 Å². The molecule has 7 nitrogen and oxygen atoms in total. The molecule has 0 N–H and O–H groups in total. The number of aromatic nitrogens is 4. The van der Waals surface area contributed by atoms with E-state index in [0.29, 0.717) is 29.8 Å². The second-order valence-corrected chi connectivity index (χ2v) is 9.53. The Bertz CT molecular complexity index is 1330. The van der Waals surface area contributed by atoms with E-state index in [4.69, 9.17) is 4.42 Å². The number of para-hydroxylation sites is 1. The molecule has 0 aliphatic heterocycles. The summed E-state index contributed by atoms with van der Waals surface area (Å²) in [5, 5.41) is 10.3. The lowest BCUT2D eigenvalue weighted by Gasteiger charge is -2.15. The van der Waals surface area contributed by atoms with Gasteiger partial charge in [-0.25, -0.2) is 4.98 Å². The molecule has 0 saturated carbocycles. The van der Waals surface area contributed by atoms with Crippen LogP contribution in [0.1, 0.15) is 10.6 Å². The second kappa shape index (κ2) is 9.60. The topological polar surface area (TPSA) is 77.1 Å². The van der Waals surface area contributed by atoms with Crippen molar-refractivity contribution >= 4 is 39.2 Å². The van der Waals surface area contributed by atoms with Crippen LogP contribution in [-0.2, 0) is 17.9 Å². The molecule has 166 valence electrons. The molecule has 0 aliphatic rings. The molecule has 3 aromatic heterocycles. The van der Waals surface area contributed by atoms with Gasteiger partial charge in [-0.3, -0.25) is 9.36 Å². The van der Waals surface area contributed by atoms with Crippen LogP contribution >= 0.6 is 23.1 Å². The third-order valence-electron chi connectivity index (χ3n) is 5.10. The lowest BCUT2D eigenvalue weighted by molar-refractivity contribution is -0.127. The molecule has 2 aromatic carbocycles. The van der Waals surface area contributed by atoms with Gasteiger partial charge >= 0.3 is 0 Å². The standard InChI is InChI=1S/C24H21N5O2S2/c1-28(15-21-25-18-10-5-6-12-20(18)33-21)22(30)16-32-24-27-26-23(19-11-7-13-31-19)29(24)14-17-8-3-2-4-9-17/h2-13H,14-16H2,1H3. The molecule has 0 fully saturated rings. The third kappa shape index (κ3) is 4.84. The predicted molar refractivity (Wildman–Crippen MR) is 130 cm³/mol. The Balaban J connectivity index is 1.29. The number of furan rings is 1. The maximum Gasteiger partial charge on any atom is 0.233 e. The fourth-order valence-corrected chi connectivity index (χ4v) is 5.31. The number of benzene rings is 2. The number of hydrogen-bond donors (Lipinski definition) is 0. The summed E-state index contributed by atoms with van der Waals surface area (Å²) in [6.07, 6.45) is 1.62. The van der Waals surface area contributed by atoms with E-state index < -0.39 is 0 Å². The number of fused-ring (bicyclic) bond motifs is 1. The van der Waals surface area contributed by atoms with Gasteiger partial charge in [0.1, 0.15) is 5.01 Å². The van der Waals surface area contributed by atoms with Gasteiger partial charge in [0.15, 0.2) is 10.9 Å². The first-order valence-corrected chi connectivity index (χ1v) is 12.2. The fourth-order valence-electron chi connectivity index (χ4n) is 3.41. The third-order valence-corrected chi connectivity index (χ3v) is 7.08. The van der Waals surface area contributed by atoms with Gasteiger partial charge in [0.25, 0.3) is 0 Å². The van der Waals surface area contributed by atoms with Gasteiger partial charge in [-0.1, -0.05) is 54.2 Å². The summed E-state index contributed by atoms with van der Waals surface area (Å²) in [4.78, 5) is 19.2. The molecule has 9 heteroatoms. The van der Waals surface area contributed by atoms with E-state index in [9.17, 15) is 4.79 Å². The largest absolute Gasteiger partial charge is 0.461 e. The highest BCUT2D eigenvalue weighted by atomic mass is 32.2. The van der Waals surface area contributed by atoms with Crippen LogP contribution in [0, 0.1) is 0 Å². The molecule has 5 rings (SSSR count). The number of carbonyl (C=O) groups is 1. The Hall–Kier alpha value is -3.43. The van der Waals surface area contributed by atoms with Crippen LogP contribution in [0.5, 0.6) is 0 Å². The van der Waals surface area contributed by atoms with Crippen molar-refractivity contribution in [2.24, 2.45) is 0 Å². The van der Waals surface area contributed by atoms with Crippen LogP contribution in [0.25, 0.3) is 21.8 Å². The van der Waals surface area contributed by atoms with E-state index in [1.54, 1.807) is 29.5 Å². The summed E-state index contributed by atoms with van der Waals surface area (Å²) in [6.45, 7) is 1.06. The summed E-state index contributed by atoms with van der Waals surface area (Å²) in [7, 11) is 1.80. The van der Waals surface area contributed by atoms with Crippen molar-refractivity contribution in [1.82, 2.24) is 24.6 Å². The van der Waals surface area contributed by atoms with Crippen LogP contribution in [0.3, 0.4) is 0 Å². The molecule has 0 aliphatic carbocycles. The molecular weight excluding hydrogens is 454 g/mol. The van der Waals surface area contributed by atoms with Crippen molar-refractivity contribution in [3.63, 3.8) is 0 Å². The van der Waals surface area contributed by atoms with Crippen LogP contribution in [0.15, 0.2) is 82.6 Å². The van der Waals surface area contributed by atoms with Gasteiger partial charge in [0.05, 0.1) is 35.3 Å². The van der Waals surface area contributed by atoms with Crippen molar-refractivity contribution in [2.45, 2.75) is 18.2 Å². The first-order valence-electron chi connectivity index (χ1n) is 10.4. The molecular formula is C24H21N5O2S2. The van der Waals surface area contributed by atoms with Crippen molar-refractivity contribution in [1.29, 1.82) is 0 Å². The van der Waals surface area contributed by atoms with E-state index in [0.717, 1.165) is 20.8 Å². The van der Waals surface area contributed by atoms with Gasteiger partial charge in [0.2, 0.25) is 11.7 Å². The number of amides is 1. The molecule has 0 spiro atoms. The first kappa shape index (κ1) is 21.4. The van der Waals surface area contributed by atoms with E-state index in [2.05, 4.69) is 27.3 Å². The van der Waals surface area contributed by atoms with E-state index in [-0.39, 0.29) is 11.7 Å². The van der Waals surface area contributed by atoms with Crippen LogP contribution in [0.4, 0.5) is 0 Å². The molecule has 0 unspecified atom stereocenters. The van der Waals surface area contributed by atoms with E-state index in [1.165, 1.54) is 11.8 Å². The summed E-state index contributed by atoms with van der Waals surface area (Å²) in [5.41, 5.74) is 2.08. The molecule has 5 aromatic rings. The van der Waals surface area contributed by atoms with Crippen LogP contribution in [0.2, 0.25) is 0 Å². The molecule has 0 radical (unpaired) electrons. The quantitative estimate of drug-likeness (QED) is 0.296. The summed E-state index contributed by atoms with van der Waals surface area (Å²) < 4.78 is 8.67. The molecule has 0 saturated heterocycles.